The van der Waals surface area contributed by atoms with E-state index in [-0.39, 0.29) is 16.6 Å². The second-order valence-corrected chi connectivity index (χ2v) is 10.3. The van der Waals surface area contributed by atoms with E-state index in [4.69, 9.17) is 0 Å². The Morgan fingerprint density at radius 2 is 1.50 bits per heavy atom. The van der Waals surface area contributed by atoms with E-state index in [0.717, 1.165) is 29.5 Å². The summed E-state index contributed by atoms with van der Waals surface area (Å²) in [6.07, 6.45) is 7.98. The molecule has 1 aromatic rings. The number of rotatable bonds is 10. The van der Waals surface area contributed by atoms with Crippen molar-refractivity contribution in [3.8, 4) is 5.75 Å². The van der Waals surface area contributed by atoms with Crippen molar-refractivity contribution in [3.05, 3.63) is 28.8 Å². The Balaban J connectivity index is 3.03. The van der Waals surface area contributed by atoms with Crippen LogP contribution in [0.5, 0.6) is 5.75 Å². The van der Waals surface area contributed by atoms with Gasteiger partial charge >= 0.3 is 5.97 Å². The molecule has 0 radical (unpaired) electrons. The molecular formula is C25H42O3. The van der Waals surface area contributed by atoms with Crippen molar-refractivity contribution in [2.75, 3.05) is 0 Å². The van der Waals surface area contributed by atoms with Crippen LogP contribution >= 0.6 is 0 Å². The fraction of sp³-hybridized carbons (Fsp3) is 0.720. The summed E-state index contributed by atoms with van der Waals surface area (Å²) in [6.45, 7) is 14.9. The van der Waals surface area contributed by atoms with Crippen LogP contribution in [-0.2, 0) is 22.0 Å². The van der Waals surface area contributed by atoms with Crippen molar-refractivity contribution < 1.29 is 15.0 Å². The summed E-state index contributed by atoms with van der Waals surface area (Å²) in [5.41, 5.74) is 2.57. The first-order chi connectivity index (χ1) is 12.9. The van der Waals surface area contributed by atoms with Crippen LogP contribution in [0.2, 0.25) is 0 Å². The Labute approximate surface area is 172 Å². The smallest absolute Gasteiger partial charge is 0.306 e. The molecule has 0 bridgehead atoms. The van der Waals surface area contributed by atoms with Gasteiger partial charge in [0.15, 0.2) is 0 Å². The lowest BCUT2D eigenvalue weighted by Crippen LogP contribution is -2.20. The van der Waals surface area contributed by atoms with Gasteiger partial charge in [0, 0.05) is 0 Å². The molecule has 0 aliphatic heterocycles. The van der Waals surface area contributed by atoms with Gasteiger partial charge in [-0.1, -0.05) is 99.1 Å². The minimum atomic E-state index is -0.758. The van der Waals surface area contributed by atoms with E-state index in [1.54, 1.807) is 0 Å². The van der Waals surface area contributed by atoms with E-state index in [0.29, 0.717) is 12.8 Å². The van der Waals surface area contributed by atoms with E-state index in [9.17, 15) is 15.0 Å². The summed E-state index contributed by atoms with van der Waals surface area (Å²) in [4.78, 5) is 11.9. The SMILES string of the molecule is CCCCCCCCC(Cc1cc(C(C)(C)C)cc(C(C)(C)C)c1O)C(=O)O. The molecule has 160 valence electrons. The van der Waals surface area contributed by atoms with Gasteiger partial charge in [0.2, 0.25) is 0 Å². The minimum absolute atomic E-state index is 0.0551. The summed E-state index contributed by atoms with van der Waals surface area (Å²) in [7, 11) is 0. The number of phenolic OH excluding ortho intramolecular Hbond substituents is 1. The molecule has 2 N–H and O–H groups in total. The maximum Gasteiger partial charge on any atom is 0.306 e. The highest BCUT2D eigenvalue weighted by Crippen LogP contribution is 2.38. The Kier molecular flexibility index (Phi) is 9.04. The number of unbranched alkanes of at least 4 members (excludes halogenated alkanes) is 5. The number of carboxylic acids is 1. The van der Waals surface area contributed by atoms with Crippen LogP contribution < -0.4 is 0 Å². The highest BCUT2D eigenvalue weighted by atomic mass is 16.4. The molecule has 0 fully saturated rings. The lowest BCUT2D eigenvalue weighted by molar-refractivity contribution is -0.142. The molecule has 0 heterocycles. The van der Waals surface area contributed by atoms with Gasteiger partial charge in [0.1, 0.15) is 5.75 Å². The largest absolute Gasteiger partial charge is 0.507 e. The third-order valence-electron chi connectivity index (χ3n) is 5.58. The van der Waals surface area contributed by atoms with Crippen LogP contribution in [-0.4, -0.2) is 16.2 Å². The van der Waals surface area contributed by atoms with Crippen molar-refractivity contribution in [3.63, 3.8) is 0 Å². The molecule has 0 spiro atoms. The number of aliphatic carboxylic acids is 1. The third-order valence-corrected chi connectivity index (χ3v) is 5.58. The van der Waals surface area contributed by atoms with Gasteiger partial charge in [-0.15, -0.1) is 0 Å². The van der Waals surface area contributed by atoms with E-state index in [2.05, 4.69) is 54.5 Å². The fourth-order valence-corrected chi connectivity index (χ4v) is 3.60. The summed E-state index contributed by atoms with van der Waals surface area (Å²) < 4.78 is 0. The summed E-state index contributed by atoms with van der Waals surface area (Å²) >= 11 is 0. The van der Waals surface area contributed by atoms with Gasteiger partial charge in [-0.3, -0.25) is 4.79 Å². The highest BCUT2D eigenvalue weighted by Gasteiger charge is 2.27. The number of hydrogen-bond donors (Lipinski definition) is 2. The number of aromatic hydroxyl groups is 1. The number of carbonyl (C=O) groups is 1. The summed E-state index contributed by atoms with van der Waals surface area (Å²) in [6, 6.07) is 4.10. The number of phenols is 1. The fourth-order valence-electron chi connectivity index (χ4n) is 3.60. The zero-order valence-electron chi connectivity index (χ0n) is 19.2. The Bertz CT molecular complexity index is 632. The molecule has 0 aliphatic rings. The van der Waals surface area contributed by atoms with Crippen molar-refractivity contribution >= 4 is 5.97 Å². The quantitative estimate of drug-likeness (QED) is 0.424. The van der Waals surface area contributed by atoms with E-state index >= 15 is 0 Å². The molecular weight excluding hydrogens is 348 g/mol. The van der Waals surface area contributed by atoms with Crippen LogP contribution in [0.3, 0.4) is 0 Å². The molecule has 3 heteroatoms. The Morgan fingerprint density at radius 1 is 0.929 bits per heavy atom. The zero-order chi connectivity index (χ0) is 21.5. The lowest BCUT2D eigenvalue weighted by atomic mass is 9.77. The Morgan fingerprint density at radius 3 is 2.00 bits per heavy atom. The predicted molar refractivity (Wildman–Crippen MR) is 118 cm³/mol. The van der Waals surface area contributed by atoms with Crippen LogP contribution in [0.15, 0.2) is 12.1 Å². The van der Waals surface area contributed by atoms with Crippen molar-refractivity contribution in [1.82, 2.24) is 0 Å². The standard InChI is InChI=1S/C25H42O3/c1-8-9-10-11-12-13-14-18(23(27)28)15-19-16-20(24(2,3)4)17-21(22(19)26)25(5,6)7/h16-18,26H,8-15H2,1-7H3,(H,27,28). The second-order valence-electron chi connectivity index (χ2n) is 10.3. The first kappa shape index (κ1) is 24.5. The Hall–Kier alpha value is -1.51. The number of hydrogen-bond acceptors (Lipinski definition) is 2. The molecule has 0 aliphatic carbocycles. The predicted octanol–water partition coefficient (Wildman–Crippen LogP) is 6.98. The molecule has 3 nitrogen and oxygen atoms in total. The molecule has 0 amide bonds. The topological polar surface area (TPSA) is 57.5 Å². The molecule has 1 rings (SSSR count). The third kappa shape index (κ3) is 7.48. The lowest BCUT2D eigenvalue weighted by Gasteiger charge is -2.28. The second kappa shape index (κ2) is 10.3. The van der Waals surface area contributed by atoms with Crippen LogP contribution in [0.4, 0.5) is 0 Å². The van der Waals surface area contributed by atoms with Crippen molar-refractivity contribution in [2.45, 2.75) is 111 Å². The minimum Gasteiger partial charge on any atom is -0.507 e. The van der Waals surface area contributed by atoms with Gasteiger partial charge in [0.25, 0.3) is 0 Å². The maximum atomic E-state index is 11.9. The molecule has 1 atom stereocenters. The first-order valence-corrected chi connectivity index (χ1v) is 11.0. The zero-order valence-corrected chi connectivity index (χ0v) is 19.2. The summed E-state index contributed by atoms with van der Waals surface area (Å²) in [5.74, 6) is -0.929. The maximum absolute atomic E-state index is 11.9. The average molecular weight is 391 g/mol. The number of carboxylic acid groups (broad SMARTS) is 1. The van der Waals surface area contributed by atoms with Crippen molar-refractivity contribution in [1.29, 1.82) is 0 Å². The summed E-state index contributed by atoms with van der Waals surface area (Å²) in [5, 5.41) is 20.7. The first-order valence-electron chi connectivity index (χ1n) is 11.0. The van der Waals surface area contributed by atoms with Gasteiger partial charge in [-0.25, -0.2) is 0 Å². The van der Waals surface area contributed by atoms with E-state index in [1.165, 1.54) is 25.7 Å². The number of benzene rings is 1. The van der Waals surface area contributed by atoms with Gasteiger partial charge in [-0.2, -0.15) is 0 Å². The van der Waals surface area contributed by atoms with Gasteiger partial charge < -0.3 is 10.2 Å². The normalized spacial score (nSPS) is 13.5. The average Bonchev–Trinajstić information content (AvgIpc) is 2.55. The van der Waals surface area contributed by atoms with Gasteiger partial charge in [-0.05, 0) is 40.4 Å². The molecule has 28 heavy (non-hydrogen) atoms. The van der Waals surface area contributed by atoms with E-state index in [1.807, 2.05) is 6.07 Å². The molecule has 1 aromatic carbocycles. The van der Waals surface area contributed by atoms with Crippen LogP contribution in [0.25, 0.3) is 0 Å². The highest BCUT2D eigenvalue weighted by molar-refractivity contribution is 5.70. The monoisotopic (exact) mass is 390 g/mol. The van der Waals surface area contributed by atoms with Crippen LogP contribution in [0.1, 0.15) is 110 Å². The van der Waals surface area contributed by atoms with Gasteiger partial charge in [0.05, 0.1) is 5.92 Å². The van der Waals surface area contributed by atoms with Crippen molar-refractivity contribution in [2.24, 2.45) is 5.92 Å². The molecule has 0 saturated carbocycles. The van der Waals surface area contributed by atoms with E-state index < -0.39 is 11.9 Å². The molecule has 1 unspecified atom stereocenters. The molecule has 0 aromatic heterocycles. The molecule has 0 saturated heterocycles. The van der Waals surface area contributed by atoms with Crippen LogP contribution in [0, 0.1) is 5.92 Å².